The van der Waals surface area contributed by atoms with Gasteiger partial charge in [-0.2, -0.15) is 0 Å². The third-order valence-corrected chi connectivity index (χ3v) is 7.98. The van der Waals surface area contributed by atoms with Crippen molar-refractivity contribution in [1.29, 1.82) is 0 Å². The molecule has 3 aliphatic heterocycles. The number of hydrogen-bond acceptors (Lipinski definition) is 6. The first kappa shape index (κ1) is 23.3. The monoisotopic (exact) mass is 469 g/mol. The molecule has 8 heteroatoms. The molecule has 3 fully saturated rings. The number of fused-ring (bicyclic) bond motifs is 1. The van der Waals surface area contributed by atoms with Gasteiger partial charge in [0.25, 0.3) is 5.91 Å². The fourth-order valence-corrected chi connectivity index (χ4v) is 5.69. The third kappa shape index (κ3) is 4.84. The summed E-state index contributed by atoms with van der Waals surface area (Å²) in [5, 5.41) is 6.16. The van der Waals surface area contributed by atoms with E-state index in [0.717, 1.165) is 63.2 Å². The van der Waals surface area contributed by atoms with Crippen LogP contribution in [0.4, 0.5) is 0 Å². The maximum Gasteiger partial charge on any atom is 0.255 e. The zero-order valence-corrected chi connectivity index (χ0v) is 19.9. The molecule has 0 radical (unpaired) electrons. The van der Waals surface area contributed by atoms with Crippen LogP contribution in [0.5, 0.6) is 5.75 Å². The standard InChI is InChI=1S/C26H35N3O5/c1-26(10-12-33-13-11-26)16-27-20-4-2-3-5-22(20)34-18-6-7-19-17(14-18)15-29(25(19)32)21-8-9-23(30)28-24(21)31/h6-7,14,20-22,27H,2-5,8-13,15-16H2,1H3,(H,28,30,31)/t20-,21?,22?/m0/s1. The number of hydrogen-bond donors (Lipinski definition) is 2. The van der Waals surface area contributed by atoms with Gasteiger partial charge < -0.3 is 19.7 Å². The minimum absolute atomic E-state index is 0.0959. The fourth-order valence-electron chi connectivity index (χ4n) is 5.69. The molecule has 4 aliphatic rings. The number of carbonyl (C=O) groups excluding carboxylic acids is 3. The highest BCUT2D eigenvalue weighted by Gasteiger charge is 2.39. The van der Waals surface area contributed by atoms with Gasteiger partial charge >= 0.3 is 0 Å². The normalized spacial score (nSPS) is 29.0. The largest absolute Gasteiger partial charge is 0.489 e. The van der Waals surface area contributed by atoms with E-state index in [1.807, 2.05) is 18.2 Å². The molecule has 5 rings (SSSR count). The summed E-state index contributed by atoms with van der Waals surface area (Å²) in [4.78, 5) is 38.3. The highest BCUT2D eigenvalue weighted by Crippen LogP contribution is 2.33. The van der Waals surface area contributed by atoms with E-state index in [4.69, 9.17) is 9.47 Å². The Balaban J connectivity index is 1.23. The minimum atomic E-state index is -0.597. The van der Waals surface area contributed by atoms with Gasteiger partial charge in [0, 0.05) is 44.3 Å². The number of nitrogens with zero attached hydrogens (tertiary/aromatic N) is 1. The van der Waals surface area contributed by atoms with Crippen molar-refractivity contribution in [3.8, 4) is 5.75 Å². The molecule has 0 bridgehead atoms. The molecule has 2 saturated heterocycles. The maximum absolute atomic E-state index is 12.9. The molecule has 3 atom stereocenters. The van der Waals surface area contributed by atoms with Crippen LogP contribution in [0.2, 0.25) is 0 Å². The van der Waals surface area contributed by atoms with E-state index in [-0.39, 0.29) is 35.7 Å². The first-order valence-corrected chi connectivity index (χ1v) is 12.7. The second kappa shape index (κ2) is 9.66. The van der Waals surface area contributed by atoms with E-state index < -0.39 is 6.04 Å². The molecule has 3 heterocycles. The van der Waals surface area contributed by atoms with Crippen molar-refractivity contribution in [2.45, 2.75) is 83.0 Å². The van der Waals surface area contributed by atoms with Gasteiger partial charge in [0.1, 0.15) is 17.9 Å². The predicted octanol–water partition coefficient (Wildman–Crippen LogP) is 2.54. The van der Waals surface area contributed by atoms with Gasteiger partial charge in [-0.05, 0) is 67.7 Å². The van der Waals surface area contributed by atoms with Crippen LogP contribution in [0.25, 0.3) is 0 Å². The third-order valence-electron chi connectivity index (χ3n) is 7.98. The number of piperidine rings is 1. The van der Waals surface area contributed by atoms with E-state index in [1.165, 1.54) is 6.42 Å². The second-order valence-electron chi connectivity index (χ2n) is 10.6. The zero-order chi connectivity index (χ0) is 23.7. The lowest BCUT2D eigenvalue weighted by Crippen LogP contribution is -2.52. The van der Waals surface area contributed by atoms with Gasteiger partial charge in [-0.1, -0.05) is 13.3 Å². The van der Waals surface area contributed by atoms with Crippen LogP contribution in [-0.2, 0) is 20.9 Å². The summed E-state index contributed by atoms with van der Waals surface area (Å²) in [6.07, 6.45) is 7.36. The van der Waals surface area contributed by atoms with Crippen LogP contribution in [-0.4, -0.2) is 60.6 Å². The van der Waals surface area contributed by atoms with E-state index in [0.29, 0.717) is 24.6 Å². The molecular weight excluding hydrogens is 434 g/mol. The predicted molar refractivity (Wildman–Crippen MR) is 125 cm³/mol. The SMILES string of the molecule is CC1(CN[C@H]2CCCCC2Oc2ccc3c(c2)CN(C2CCC(=O)NC2=O)C3=O)CCOCC1. The van der Waals surface area contributed by atoms with Gasteiger partial charge in [-0.15, -0.1) is 0 Å². The van der Waals surface area contributed by atoms with Gasteiger partial charge in [-0.3, -0.25) is 19.7 Å². The lowest BCUT2D eigenvalue weighted by molar-refractivity contribution is -0.136. The molecule has 1 aromatic carbocycles. The van der Waals surface area contributed by atoms with Crippen LogP contribution >= 0.6 is 0 Å². The summed E-state index contributed by atoms with van der Waals surface area (Å²) in [6, 6.07) is 5.34. The Morgan fingerprint density at radius 3 is 2.74 bits per heavy atom. The van der Waals surface area contributed by atoms with Gasteiger partial charge in [0.05, 0.1) is 0 Å². The fraction of sp³-hybridized carbons (Fsp3) is 0.654. The van der Waals surface area contributed by atoms with Gasteiger partial charge in [-0.25, -0.2) is 0 Å². The Morgan fingerprint density at radius 1 is 1.15 bits per heavy atom. The van der Waals surface area contributed by atoms with Crippen molar-refractivity contribution >= 4 is 17.7 Å². The summed E-state index contributed by atoms with van der Waals surface area (Å²) < 4.78 is 12.0. The van der Waals surface area contributed by atoms with Gasteiger partial charge in [0.15, 0.2) is 0 Å². The van der Waals surface area contributed by atoms with Crippen LogP contribution in [0.15, 0.2) is 18.2 Å². The number of carbonyl (C=O) groups is 3. The van der Waals surface area contributed by atoms with Crippen molar-refractivity contribution in [3.63, 3.8) is 0 Å². The summed E-state index contributed by atoms with van der Waals surface area (Å²) >= 11 is 0. The Morgan fingerprint density at radius 2 is 1.94 bits per heavy atom. The summed E-state index contributed by atoms with van der Waals surface area (Å²) in [6.45, 7) is 5.36. The average molecular weight is 470 g/mol. The number of ether oxygens (including phenoxy) is 2. The molecule has 2 N–H and O–H groups in total. The van der Waals surface area contributed by atoms with Crippen molar-refractivity contribution in [2.24, 2.45) is 5.41 Å². The number of nitrogens with one attached hydrogen (secondary N) is 2. The molecule has 34 heavy (non-hydrogen) atoms. The molecule has 1 saturated carbocycles. The smallest absolute Gasteiger partial charge is 0.255 e. The Bertz CT molecular complexity index is 958. The average Bonchev–Trinajstić information content (AvgIpc) is 3.14. The molecule has 0 spiro atoms. The molecule has 1 aliphatic carbocycles. The summed E-state index contributed by atoms with van der Waals surface area (Å²) in [5.74, 6) is -0.0450. The van der Waals surface area contributed by atoms with E-state index in [9.17, 15) is 14.4 Å². The Kier molecular flexibility index (Phi) is 6.62. The quantitative estimate of drug-likeness (QED) is 0.622. The van der Waals surface area contributed by atoms with E-state index >= 15 is 0 Å². The first-order valence-electron chi connectivity index (χ1n) is 12.7. The molecule has 3 amide bonds. The second-order valence-corrected chi connectivity index (χ2v) is 10.6. The highest BCUT2D eigenvalue weighted by molar-refractivity contribution is 6.05. The molecule has 184 valence electrons. The topological polar surface area (TPSA) is 97.0 Å². The number of imide groups is 1. The lowest BCUT2D eigenvalue weighted by Gasteiger charge is -2.38. The van der Waals surface area contributed by atoms with E-state index in [2.05, 4.69) is 17.6 Å². The molecule has 2 unspecified atom stereocenters. The minimum Gasteiger partial charge on any atom is -0.489 e. The van der Waals surface area contributed by atoms with Crippen LogP contribution in [0, 0.1) is 5.41 Å². The van der Waals surface area contributed by atoms with Crippen LogP contribution in [0.3, 0.4) is 0 Å². The highest BCUT2D eigenvalue weighted by atomic mass is 16.5. The Hall–Kier alpha value is -2.45. The summed E-state index contributed by atoms with van der Waals surface area (Å²) in [5.41, 5.74) is 1.76. The molecule has 1 aromatic rings. The number of benzene rings is 1. The summed E-state index contributed by atoms with van der Waals surface area (Å²) in [7, 11) is 0. The van der Waals surface area contributed by atoms with Crippen molar-refractivity contribution < 1.29 is 23.9 Å². The number of amides is 3. The Labute approximate surface area is 200 Å². The maximum atomic E-state index is 12.9. The molecular formula is C26H35N3O5. The van der Waals surface area contributed by atoms with E-state index in [1.54, 1.807) is 4.90 Å². The molecule has 8 nitrogen and oxygen atoms in total. The first-order chi connectivity index (χ1) is 16.4. The van der Waals surface area contributed by atoms with Crippen LogP contribution < -0.4 is 15.4 Å². The van der Waals surface area contributed by atoms with Crippen molar-refractivity contribution in [3.05, 3.63) is 29.3 Å². The van der Waals surface area contributed by atoms with Gasteiger partial charge in [0.2, 0.25) is 11.8 Å². The lowest BCUT2D eigenvalue weighted by atomic mass is 9.81. The molecule has 0 aromatic heterocycles. The number of rotatable bonds is 6. The zero-order valence-electron chi connectivity index (χ0n) is 19.9. The van der Waals surface area contributed by atoms with Crippen molar-refractivity contribution in [1.82, 2.24) is 15.5 Å². The van der Waals surface area contributed by atoms with Crippen molar-refractivity contribution in [2.75, 3.05) is 19.8 Å². The van der Waals surface area contributed by atoms with Crippen LogP contribution in [0.1, 0.15) is 74.2 Å².